The van der Waals surface area contributed by atoms with Crippen molar-refractivity contribution < 1.29 is 33.7 Å². The third kappa shape index (κ3) is 7.60. The van der Waals surface area contributed by atoms with E-state index in [1.807, 2.05) is 18.2 Å². The van der Waals surface area contributed by atoms with Crippen LogP contribution in [0.4, 0.5) is 4.79 Å². The van der Waals surface area contributed by atoms with Gasteiger partial charge in [0.25, 0.3) is 0 Å². The second-order valence-electron chi connectivity index (χ2n) is 6.60. The average Bonchev–Trinajstić information content (AvgIpc) is 2.81. The van der Waals surface area contributed by atoms with Crippen molar-refractivity contribution in [3.05, 3.63) is 83.9 Å². The molecule has 0 unspecified atom stereocenters. The second-order valence-corrected chi connectivity index (χ2v) is 6.60. The molecule has 0 saturated heterocycles. The largest absolute Gasteiger partial charge is 0.466 e. The molecular weight excluding hydrogens is 402 g/mol. The maximum absolute atomic E-state index is 12.5. The first kappa shape index (κ1) is 23.6. The third-order valence-electron chi connectivity index (χ3n) is 4.35. The lowest BCUT2D eigenvalue weighted by atomic mass is 10.0. The highest BCUT2D eigenvalue weighted by Gasteiger charge is 2.29. The molecule has 0 radical (unpaired) electrons. The van der Waals surface area contributed by atoms with E-state index in [-0.39, 0.29) is 24.2 Å². The Labute approximate surface area is 180 Å². The first-order chi connectivity index (χ1) is 14.9. The molecule has 0 spiro atoms. The minimum Gasteiger partial charge on any atom is -0.466 e. The van der Waals surface area contributed by atoms with Crippen LogP contribution in [-0.4, -0.2) is 49.0 Å². The van der Waals surface area contributed by atoms with Crippen molar-refractivity contribution in [2.75, 3.05) is 13.7 Å². The number of aliphatic hydroxyl groups is 1. The van der Waals surface area contributed by atoms with Gasteiger partial charge >= 0.3 is 18.0 Å². The van der Waals surface area contributed by atoms with E-state index in [4.69, 9.17) is 9.47 Å². The maximum Gasteiger partial charge on any atom is 0.407 e. The highest BCUT2D eigenvalue weighted by molar-refractivity contribution is 5.90. The van der Waals surface area contributed by atoms with Crippen LogP contribution in [0, 0.1) is 0 Å². The number of ether oxygens (including phenoxy) is 3. The van der Waals surface area contributed by atoms with Crippen LogP contribution in [-0.2, 0) is 25.6 Å². The summed E-state index contributed by atoms with van der Waals surface area (Å²) in [5.74, 6) is -1.37. The highest BCUT2D eigenvalue weighted by atomic mass is 16.6. The van der Waals surface area contributed by atoms with Crippen LogP contribution in [0.3, 0.4) is 0 Å². The zero-order valence-electron chi connectivity index (χ0n) is 17.2. The van der Waals surface area contributed by atoms with E-state index < -0.39 is 36.8 Å². The fourth-order valence-corrected chi connectivity index (χ4v) is 2.69. The number of amides is 1. The number of hydrogen-bond acceptors (Lipinski definition) is 7. The fraction of sp³-hybridized carbons (Fsp3) is 0.261. The maximum atomic E-state index is 12.5. The summed E-state index contributed by atoms with van der Waals surface area (Å²) in [6, 6.07) is 16.2. The van der Waals surface area contributed by atoms with Crippen LogP contribution in [0.25, 0.3) is 0 Å². The molecule has 0 aliphatic rings. The number of esters is 2. The summed E-state index contributed by atoms with van der Waals surface area (Å²) >= 11 is 0. The lowest BCUT2D eigenvalue weighted by Crippen LogP contribution is -2.48. The summed E-state index contributed by atoms with van der Waals surface area (Å²) < 4.78 is 15.3. The summed E-state index contributed by atoms with van der Waals surface area (Å²) in [6.45, 7) is 3.08. The van der Waals surface area contributed by atoms with Crippen molar-refractivity contribution >= 4 is 18.0 Å². The molecule has 0 fully saturated rings. The van der Waals surface area contributed by atoms with Gasteiger partial charge in [0.05, 0.1) is 25.3 Å². The molecule has 2 atom stereocenters. The number of aliphatic hydroxyl groups excluding tert-OH is 1. The first-order valence-corrected chi connectivity index (χ1v) is 9.54. The average molecular weight is 427 g/mol. The fourth-order valence-electron chi connectivity index (χ4n) is 2.69. The molecule has 0 heterocycles. The molecule has 31 heavy (non-hydrogen) atoms. The molecule has 0 bridgehead atoms. The zero-order chi connectivity index (χ0) is 22.6. The molecule has 164 valence electrons. The molecule has 8 nitrogen and oxygen atoms in total. The molecule has 2 N–H and O–H groups in total. The van der Waals surface area contributed by atoms with Gasteiger partial charge in [-0.1, -0.05) is 55.1 Å². The van der Waals surface area contributed by atoms with Crippen molar-refractivity contribution in [1.29, 1.82) is 0 Å². The van der Waals surface area contributed by atoms with Gasteiger partial charge in [-0.15, -0.1) is 0 Å². The van der Waals surface area contributed by atoms with E-state index in [2.05, 4.69) is 16.6 Å². The van der Waals surface area contributed by atoms with Crippen LogP contribution in [0.15, 0.2) is 72.8 Å². The van der Waals surface area contributed by atoms with Crippen LogP contribution in [0.2, 0.25) is 0 Å². The van der Waals surface area contributed by atoms with Crippen molar-refractivity contribution in [2.45, 2.75) is 25.2 Å². The van der Waals surface area contributed by atoms with Gasteiger partial charge in [-0.3, -0.25) is 0 Å². The lowest BCUT2D eigenvalue weighted by Gasteiger charge is -2.26. The van der Waals surface area contributed by atoms with Gasteiger partial charge in [0, 0.05) is 12.0 Å². The van der Waals surface area contributed by atoms with E-state index in [1.165, 1.54) is 7.11 Å². The summed E-state index contributed by atoms with van der Waals surface area (Å²) in [5.41, 5.74) is 1.08. The van der Waals surface area contributed by atoms with Gasteiger partial charge in [-0.2, -0.15) is 0 Å². The van der Waals surface area contributed by atoms with Crippen LogP contribution >= 0.6 is 0 Å². The molecule has 1 amide bonds. The molecule has 2 aromatic rings. The van der Waals surface area contributed by atoms with Gasteiger partial charge in [-0.05, 0) is 17.7 Å². The second kappa shape index (κ2) is 12.1. The Morgan fingerprint density at radius 1 is 1.03 bits per heavy atom. The topological polar surface area (TPSA) is 111 Å². The monoisotopic (exact) mass is 427 g/mol. The summed E-state index contributed by atoms with van der Waals surface area (Å²) in [7, 11) is 1.20. The van der Waals surface area contributed by atoms with Crippen molar-refractivity contribution in [3.63, 3.8) is 0 Å². The zero-order valence-corrected chi connectivity index (χ0v) is 17.2. The van der Waals surface area contributed by atoms with Crippen LogP contribution in [0.5, 0.6) is 0 Å². The number of carbonyl (C=O) groups is 3. The van der Waals surface area contributed by atoms with E-state index in [1.54, 1.807) is 42.5 Å². The van der Waals surface area contributed by atoms with E-state index >= 15 is 0 Å². The Kier molecular flexibility index (Phi) is 9.25. The molecule has 0 aliphatic carbocycles. The molecule has 0 aliphatic heterocycles. The lowest BCUT2D eigenvalue weighted by molar-refractivity contribution is -0.136. The standard InChI is InChI=1S/C23H25NO7/c1-16(21(26)29-2)13-20(31-22(27)18-11-7-4-8-12-18)19(14-25)24-23(28)30-15-17-9-5-3-6-10-17/h3-12,19-20,25H,1,13-15H2,2H3,(H,24,28)/t19-,20-/m0/s1. The Balaban J connectivity index is 2.08. The third-order valence-corrected chi connectivity index (χ3v) is 4.35. The minimum absolute atomic E-state index is 0.0197. The predicted octanol–water partition coefficient (Wildman–Crippen LogP) is 2.62. The number of benzene rings is 2. The van der Waals surface area contributed by atoms with Crippen LogP contribution in [0.1, 0.15) is 22.3 Å². The van der Waals surface area contributed by atoms with Gasteiger partial charge < -0.3 is 24.6 Å². The number of nitrogens with one attached hydrogen (secondary N) is 1. The van der Waals surface area contributed by atoms with Gasteiger partial charge in [0.15, 0.2) is 0 Å². The molecular formula is C23H25NO7. The Bertz CT molecular complexity index is 883. The number of hydrogen-bond donors (Lipinski definition) is 2. The number of rotatable bonds is 10. The van der Waals surface area contributed by atoms with E-state index in [0.717, 1.165) is 5.56 Å². The van der Waals surface area contributed by atoms with E-state index in [0.29, 0.717) is 0 Å². The molecule has 0 saturated carbocycles. The molecule has 2 rings (SSSR count). The first-order valence-electron chi connectivity index (χ1n) is 9.54. The highest BCUT2D eigenvalue weighted by Crippen LogP contribution is 2.16. The van der Waals surface area contributed by atoms with Crippen molar-refractivity contribution in [2.24, 2.45) is 0 Å². The van der Waals surface area contributed by atoms with Gasteiger partial charge in [0.1, 0.15) is 12.7 Å². The molecule has 8 heteroatoms. The molecule has 0 aromatic heterocycles. The van der Waals surface area contributed by atoms with Crippen LogP contribution < -0.4 is 5.32 Å². The van der Waals surface area contributed by atoms with Gasteiger partial charge in [-0.25, -0.2) is 14.4 Å². The number of alkyl carbamates (subject to hydrolysis) is 1. The van der Waals surface area contributed by atoms with Crippen molar-refractivity contribution in [1.82, 2.24) is 5.32 Å². The van der Waals surface area contributed by atoms with E-state index in [9.17, 15) is 19.5 Å². The summed E-state index contributed by atoms with van der Waals surface area (Å²) in [5, 5.41) is 12.3. The normalized spacial score (nSPS) is 12.2. The summed E-state index contributed by atoms with van der Waals surface area (Å²) in [6.07, 6.45) is -2.06. The number of methoxy groups -OCH3 is 1. The number of carbonyl (C=O) groups excluding carboxylic acids is 3. The SMILES string of the molecule is C=C(C[C@H](OC(=O)c1ccccc1)[C@H](CO)NC(=O)OCc1ccccc1)C(=O)OC. The quantitative estimate of drug-likeness (QED) is 0.341. The predicted molar refractivity (Wildman–Crippen MR) is 112 cm³/mol. The van der Waals surface area contributed by atoms with Gasteiger partial charge in [0.2, 0.25) is 0 Å². The smallest absolute Gasteiger partial charge is 0.407 e. The summed E-state index contributed by atoms with van der Waals surface area (Å²) in [4.78, 5) is 36.5. The molecule has 2 aromatic carbocycles. The van der Waals surface area contributed by atoms with Crippen molar-refractivity contribution in [3.8, 4) is 0 Å². The minimum atomic E-state index is -1.09. The Morgan fingerprint density at radius 2 is 1.65 bits per heavy atom. The Morgan fingerprint density at radius 3 is 2.23 bits per heavy atom. The Hall–Kier alpha value is -3.65.